The minimum atomic E-state index is 0.0215. The molecule has 0 aliphatic carbocycles. The topological polar surface area (TPSA) is 41.6 Å². The maximum Gasteiger partial charge on any atom is 0.318 e. The Bertz CT molecular complexity index is 380. The molecule has 2 heterocycles. The van der Waals surface area contributed by atoms with Crippen LogP contribution in [-0.4, -0.2) is 37.2 Å². The lowest BCUT2D eigenvalue weighted by molar-refractivity contribution is 0.157. The molecule has 1 aliphatic rings. The van der Waals surface area contributed by atoms with Gasteiger partial charge in [0.15, 0.2) is 0 Å². The van der Waals surface area contributed by atoms with Gasteiger partial charge in [0, 0.05) is 13.7 Å². The molecule has 0 bridgehead atoms. The van der Waals surface area contributed by atoms with Crippen molar-refractivity contribution in [2.24, 2.45) is 0 Å². The SMILES string of the molecule is COCC(C)NC(=O)N1CCCC1c1ccsc1. The molecule has 2 unspecified atom stereocenters. The molecule has 18 heavy (non-hydrogen) atoms. The van der Waals surface area contributed by atoms with E-state index in [0.29, 0.717) is 6.61 Å². The molecule has 5 heteroatoms. The average molecular weight is 268 g/mol. The van der Waals surface area contributed by atoms with E-state index in [2.05, 4.69) is 22.1 Å². The van der Waals surface area contributed by atoms with Crippen LogP contribution in [0.25, 0.3) is 0 Å². The highest BCUT2D eigenvalue weighted by atomic mass is 32.1. The van der Waals surface area contributed by atoms with Crippen LogP contribution in [0, 0.1) is 0 Å². The van der Waals surface area contributed by atoms with E-state index in [4.69, 9.17) is 4.74 Å². The molecular weight excluding hydrogens is 248 g/mol. The summed E-state index contributed by atoms with van der Waals surface area (Å²) >= 11 is 1.68. The van der Waals surface area contributed by atoms with Gasteiger partial charge in [-0.05, 0) is 42.2 Å². The van der Waals surface area contributed by atoms with Crippen LogP contribution in [0.1, 0.15) is 31.4 Å². The number of nitrogens with one attached hydrogen (secondary N) is 1. The van der Waals surface area contributed by atoms with Crippen LogP contribution in [0.3, 0.4) is 0 Å². The van der Waals surface area contributed by atoms with Gasteiger partial charge in [-0.15, -0.1) is 0 Å². The normalized spacial score (nSPS) is 21.0. The lowest BCUT2D eigenvalue weighted by Gasteiger charge is -2.26. The molecule has 0 radical (unpaired) electrons. The van der Waals surface area contributed by atoms with Gasteiger partial charge in [0.05, 0.1) is 18.7 Å². The molecule has 2 rings (SSSR count). The molecular formula is C13H20N2O2S. The standard InChI is InChI=1S/C13H20N2O2S/c1-10(8-17-2)14-13(16)15-6-3-4-12(15)11-5-7-18-9-11/h5,7,9-10,12H,3-4,6,8H2,1-2H3,(H,14,16). The number of nitrogens with zero attached hydrogens (tertiary/aromatic N) is 1. The Labute approximate surface area is 112 Å². The van der Waals surface area contributed by atoms with Crippen molar-refractivity contribution >= 4 is 17.4 Å². The van der Waals surface area contributed by atoms with Crippen LogP contribution in [0.2, 0.25) is 0 Å². The monoisotopic (exact) mass is 268 g/mol. The quantitative estimate of drug-likeness (QED) is 0.912. The number of hydrogen-bond acceptors (Lipinski definition) is 3. The Kier molecular flexibility index (Phi) is 4.60. The van der Waals surface area contributed by atoms with E-state index in [1.165, 1.54) is 5.56 Å². The van der Waals surface area contributed by atoms with Crippen LogP contribution in [-0.2, 0) is 4.74 Å². The first-order chi connectivity index (χ1) is 8.72. The maximum atomic E-state index is 12.2. The number of thiophene rings is 1. The number of methoxy groups -OCH3 is 1. The minimum absolute atomic E-state index is 0.0215. The van der Waals surface area contributed by atoms with Gasteiger partial charge in [-0.25, -0.2) is 4.79 Å². The highest BCUT2D eigenvalue weighted by molar-refractivity contribution is 7.07. The van der Waals surface area contributed by atoms with E-state index < -0.39 is 0 Å². The second-order valence-corrected chi connectivity index (χ2v) is 5.49. The number of urea groups is 1. The Morgan fingerprint density at radius 3 is 3.22 bits per heavy atom. The molecule has 0 aromatic carbocycles. The third kappa shape index (κ3) is 3.03. The fraction of sp³-hybridized carbons (Fsp3) is 0.615. The Morgan fingerprint density at radius 1 is 1.72 bits per heavy atom. The molecule has 1 aliphatic heterocycles. The second kappa shape index (κ2) is 6.20. The summed E-state index contributed by atoms with van der Waals surface area (Å²) in [5.41, 5.74) is 1.26. The molecule has 1 fully saturated rings. The van der Waals surface area contributed by atoms with Crippen molar-refractivity contribution in [3.63, 3.8) is 0 Å². The first-order valence-corrected chi connectivity index (χ1v) is 7.25. The highest BCUT2D eigenvalue weighted by Crippen LogP contribution is 2.32. The Hall–Kier alpha value is -1.07. The van der Waals surface area contributed by atoms with E-state index in [-0.39, 0.29) is 18.1 Å². The van der Waals surface area contributed by atoms with E-state index in [1.54, 1.807) is 18.4 Å². The second-order valence-electron chi connectivity index (χ2n) is 4.71. The van der Waals surface area contributed by atoms with Crippen LogP contribution < -0.4 is 5.32 Å². The molecule has 4 nitrogen and oxygen atoms in total. The van der Waals surface area contributed by atoms with Gasteiger partial charge >= 0.3 is 6.03 Å². The summed E-state index contributed by atoms with van der Waals surface area (Å²) in [6, 6.07) is 2.42. The van der Waals surface area contributed by atoms with Gasteiger partial charge in [0.2, 0.25) is 0 Å². The first kappa shape index (κ1) is 13.4. The number of rotatable bonds is 4. The van der Waals surface area contributed by atoms with Crippen LogP contribution >= 0.6 is 11.3 Å². The van der Waals surface area contributed by atoms with Gasteiger partial charge in [0.1, 0.15) is 0 Å². The fourth-order valence-electron chi connectivity index (χ4n) is 2.41. The minimum Gasteiger partial charge on any atom is -0.383 e. The summed E-state index contributed by atoms with van der Waals surface area (Å²) in [5.74, 6) is 0. The highest BCUT2D eigenvalue weighted by Gasteiger charge is 2.30. The van der Waals surface area contributed by atoms with Gasteiger partial charge < -0.3 is 15.0 Å². The molecule has 1 aromatic rings. The predicted octanol–water partition coefficient (Wildman–Crippen LogP) is 2.63. The summed E-state index contributed by atoms with van der Waals surface area (Å²) in [5, 5.41) is 7.18. The van der Waals surface area contributed by atoms with Crippen molar-refractivity contribution in [3.8, 4) is 0 Å². The Morgan fingerprint density at radius 2 is 2.56 bits per heavy atom. The van der Waals surface area contributed by atoms with E-state index in [1.807, 2.05) is 11.8 Å². The van der Waals surface area contributed by atoms with Crippen molar-refractivity contribution < 1.29 is 9.53 Å². The summed E-state index contributed by atoms with van der Waals surface area (Å²) in [4.78, 5) is 14.1. The van der Waals surface area contributed by atoms with E-state index >= 15 is 0 Å². The molecule has 1 N–H and O–H groups in total. The van der Waals surface area contributed by atoms with Gasteiger partial charge in [-0.3, -0.25) is 0 Å². The predicted molar refractivity (Wildman–Crippen MR) is 72.9 cm³/mol. The molecule has 1 saturated heterocycles. The molecule has 100 valence electrons. The van der Waals surface area contributed by atoms with Crippen molar-refractivity contribution in [2.75, 3.05) is 20.3 Å². The zero-order chi connectivity index (χ0) is 13.0. The zero-order valence-electron chi connectivity index (χ0n) is 10.9. The summed E-state index contributed by atoms with van der Waals surface area (Å²) in [7, 11) is 1.65. The summed E-state index contributed by atoms with van der Waals surface area (Å²) in [6.45, 7) is 3.34. The van der Waals surface area contributed by atoms with E-state index in [9.17, 15) is 4.79 Å². The lowest BCUT2D eigenvalue weighted by atomic mass is 10.1. The number of ether oxygens (including phenoxy) is 1. The Balaban J connectivity index is 1.97. The summed E-state index contributed by atoms with van der Waals surface area (Å²) < 4.78 is 5.03. The molecule has 2 atom stereocenters. The van der Waals surface area contributed by atoms with Crippen molar-refractivity contribution in [2.45, 2.75) is 31.8 Å². The third-order valence-corrected chi connectivity index (χ3v) is 3.93. The van der Waals surface area contributed by atoms with Gasteiger partial charge in [-0.2, -0.15) is 11.3 Å². The molecule has 2 amide bonds. The van der Waals surface area contributed by atoms with E-state index in [0.717, 1.165) is 19.4 Å². The third-order valence-electron chi connectivity index (χ3n) is 3.23. The summed E-state index contributed by atoms with van der Waals surface area (Å²) in [6.07, 6.45) is 2.13. The number of carbonyl (C=O) groups excluding carboxylic acids is 1. The van der Waals surface area contributed by atoms with Gasteiger partial charge in [-0.1, -0.05) is 0 Å². The van der Waals surface area contributed by atoms with Crippen molar-refractivity contribution in [1.29, 1.82) is 0 Å². The van der Waals surface area contributed by atoms with Crippen molar-refractivity contribution in [1.82, 2.24) is 10.2 Å². The smallest absolute Gasteiger partial charge is 0.318 e. The van der Waals surface area contributed by atoms with Crippen LogP contribution in [0.5, 0.6) is 0 Å². The average Bonchev–Trinajstić information content (AvgIpc) is 3.00. The number of amides is 2. The first-order valence-electron chi connectivity index (χ1n) is 6.30. The maximum absolute atomic E-state index is 12.2. The number of carbonyl (C=O) groups is 1. The molecule has 0 saturated carbocycles. The van der Waals surface area contributed by atoms with Crippen LogP contribution in [0.15, 0.2) is 16.8 Å². The van der Waals surface area contributed by atoms with Crippen LogP contribution in [0.4, 0.5) is 4.79 Å². The van der Waals surface area contributed by atoms with Crippen molar-refractivity contribution in [3.05, 3.63) is 22.4 Å². The number of hydrogen-bond donors (Lipinski definition) is 1. The fourth-order valence-corrected chi connectivity index (χ4v) is 3.11. The van der Waals surface area contributed by atoms with Gasteiger partial charge in [0.25, 0.3) is 0 Å². The number of likely N-dealkylation sites (tertiary alicyclic amines) is 1. The largest absolute Gasteiger partial charge is 0.383 e. The zero-order valence-corrected chi connectivity index (χ0v) is 11.7. The lowest BCUT2D eigenvalue weighted by Crippen LogP contribution is -2.44. The molecule has 0 spiro atoms. The molecule has 1 aromatic heterocycles.